The predicted molar refractivity (Wildman–Crippen MR) is 68.9 cm³/mol. The highest BCUT2D eigenvalue weighted by molar-refractivity contribution is 5.33. The van der Waals surface area contributed by atoms with E-state index in [0.717, 1.165) is 30.0 Å². The summed E-state index contributed by atoms with van der Waals surface area (Å²) < 4.78 is 0. The molecule has 3 atom stereocenters. The van der Waals surface area contributed by atoms with Gasteiger partial charge in [0.25, 0.3) is 0 Å². The molecule has 0 radical (unpaired) electrons. The number of rotatable bonds is 3. The molecule has 4 heteroatoms. The van der Waals surface area contributed by atoms with E-state index in [1.165, 1.54) is 25.7 Å². The van der Waals surface area contributed by atoms with E-state index in [-0.39, 0.29) is 0 Å². The second kappa shape index (κ2) is 4.56. The third-order valence-electron chi connectivity index (χ3n) is 4.38. The van der Waals surface area contributed by atoms with Crippen LogP contribution in [0.4, 0.5) is 5.95 Å². The number of aromatic nitrogens is 2. The van der Waals surface area contributed by atoms with Crippen LogP contribution in [0.15, 0.2) is 6.07 Å². The standard InChI is InChI=1S/C14H18N4/c1-9-4-13(7-15)18-14(17-9)16-8-12-6-10-2-3-11(12)5-10/h4,10-12H,2-3,5-6,8H2,1H3,(H,16,17,18). The first-order valence-electron chi connectivity index (χ1n) is 6.74. The predicted octanol–water partition coefficient (Wildman–Crippen LogP) is 2.50. The van der Waals surface area contributed by atoms with Gasteiger partial charge in [-0.3, -0.25) is 0 Å². The van der Waals surface area contributed by atoms with Crippen LogP contribution in [0, 0.1) is 36.0 Å². The molecule has 2 aliphatic rings. The molecular weight excluding hydrogens is 224 g/mol. The summed E-state index contributed by atoms with van der Waals surface area (Å²) in [7, 11) is 0. The van der Waals surface area contributed by atoms with Gasteiger partial charge in [-0.15, -0.1) is 0 Å². The fraction of sp³-hybridized carbons (Fsp3) is 0.643. The number of nitrogens with one attached hydrogen (secondary N) is 1. The summed E-state index contributed by atoms with van der Waals surface area (Å²) in [5.41, 5.74) is 1.29. The third kappa shape index (κ3) is 2.17. The molecule has 1 aromatic rings. The van der Waals surface area contributed by atoms with Crippen LogP contribution >= 0.6 is 0 Å². The van der Waals surface area contributed by atoms with Gasteiger partial charge in [0, 0.05) is 12.2 Å². The summed E-state index contributed by atoms with van der Waals surface area (Å²) in [5, 5.41) is 12.2. The van der Waals surface area contributed by atoms with E-state index < -0.39 is 0 Å². The van der Waals surface area contributed by atoms with Crippen LogP contribution in [-0.2, 0) is 0 Å². The van der Waals surface area contributed by atoms with E-state index in [2.05, 4.69) is 21.4 Å². The maximum absolute atomic E-state index is 8.88. The minimum Gasteiger partial charge on any atom is -0.354 e. The molecule has 0 saturated heterocycles. The summed E-state index contributed by atoms with van der Waals surface area (Å²) in [6, 6.07) is 3.78. The number of aryl methyl sites for hydroxylation is 1. The van der Waals surface area contributed by atoms with Crippen molar-refractivity contribution in [1.82, 2.24) is 9.97 Å². The van der Waals surface area contributed by atoms with E-state index >= 15 is 0 Å². The monoisotopic (exact) mass is 242 g/mol. The molecule has 2 aliphatic carbocycles. The summed E-state index contributed by atoms with van der Waals surface area (Å²) in [6.45, 7) is 2.85. The molecule has 1 aromatic heterocycles. The van der Waals surface area contributed by atoms with Crippen molar-refractivity contribution in [2.45, 2.75) is 32.6 Å². The molecule has 0 aromatic carbocycles. The van der Waals surface area contributed by atoms with Crippen molar-refractivity contribution in [2.75, 3.05) is 11.9 Å². The first-order chi connectivity index (χ1) is 8.74. The normalized spacial score (nSPS) is 29.2. The molecule has 1 heterocycles. The van der Waals surface area contributed by atoms with Crippen molar-refractivity contribution in [3.63, 3.8) is 0 Å². The highest BCUT2D eigenvalue weighted by atomic mass is 15.1. The molecule has 2 bridgehead atoms. The summed E-state index contributed by atoms with van der Waals surface area (Å²) in [6.07, 6.45) is 5.61. The van der Waals surface area contributed by atoms with Crippen LogP contribution in [-0.4, -0.2) is 16.5 Å². The number of hydrogen-bond acceptors (Lipinski definition) is 4. The molecule has 3 rings (SSSR count). The van der Waals surface area contributed by atoms with Crippen molar-refractivity contribution >= 4 is 5.95 Å². The largest absolute Gasteiger partial charge is 0.354 e. The lowest BCUT2D eigenvalue weighted by molar-refractivity contribution is 0.348. The minimum atomic E-state index is 0.443. The molecule has 2 fully saturated rings. The van der Waals surface area contributed by atoms with Gasteiger partial charge in [-0.25, -0.2) is 9.97 Å². The van der Waals surface area contributed by atoms with E-state index in [0.29, 0.717) is 11.6 Å². The fourth-order valence-electron chi connectivity index (χ4n) is 3.55. The Labute approximate surface area is 107 Å². The van der Waals surface area contributed by atoms with Gasteiger partial charge in [-0.1, -0.05) is 6.42 Å². The molecular formula is C14H18N4. The number of hydrogen-bond donors (Lipinski definition) is 1. The van der Waals surface area contributed by atoms with Crippen LogP contribution in [0.5, 0.6) is 0 Å². The van der Waals surface area contributed by atoms with E-state index in [9.17, 15) is 0 Å². The Balaban J connectivity index is 1.63. The van der Waals surface area contributed by atoms with Crippen molar-refractivity contribution in [1.29, 1.82) is 5.26 Å². The molecule has 0 aliphatic heterocycles. The highest BCUT2D eigenvalue weighted by Crippen LogP contribution is 2.48. The van der Waals surface area contributed by atoms with Crippen molar-refractivity contribution in [3.05, 3.63) is 17.5 Å². The molecule has 0 amide bonds. The van der Waals surface area contributed by atoms with E-state index in [1.54, 1.807) is 6.07 Å². The van der Waals surface area contributed by atoms with Gasteiger partial charge in [0.05, 0.1) is 0 Å². The second-order valence-corrected chi connectivity index (χ2v) is 5.65. The van der Waals surface area contributed by atoms with E-state index in [1.807, 2.05) is 6.92 Å². The lowest BCUT2D eigenvalue weighted by atomic mass is 9.89. The van der Waals surface area contributed by atoms with Gasteiger partial charge in [-0.2, -0.15) is 5.26 Å². The molecule has 3 unspecified atom stereocenters. The fourth-order valence-corrected chi connectivity index (χ4v) is 3.55. The Kier molecular flexibility index (Phi) is 2.91. The summed E-state index contributed by atoms with van der Waals surface area (Å²) in [5.74, 6) is 3.25. The number of nitrogens with zero attached hydrogens (tertiary/aromatic N) is 3. The first-order valence-corrected chi connectivity index (χ1v) is 6.74. The van der Waals surface area contributed by atoms with E-state index in [4.69, 9.17) is 5.26 Å². The van der Waals surface area contributed by atoms with Gasteiger partial charge in [0.2, 0.25) is 5.95 Å². The van der Waals surface area contributed by atoms with Crippen LogP contribution in [0.1, 0.15) is 37.1 Å². The lowest BCUT2D eigenvalue weighted by Gasteiger charge is -2.21. The molecule has 2 saturated carbocycles. The van der Waals surface area contributed by atoms with Crippen molar-refractivity contribution in [3.8, 4) is 6.07 Å². The maximum atomic E-state index is 8.88. The lowest BCUT2D eigenvalue weighted by Crippen LogP contribution is -2.21. The quantitative estimate of drug-likeness (QED) is 0.884. The molecule has 1 N–H and O–H groups in total. The van der Waals surface area contributed by atoms with Crippen LogP contribution < -0.4 is 5.32 Å². The van der Waals surface area contributed by atoms with Gasteiger partial charge in [-0.05, 0) is 50.0 Å². The van der Waals surface area contributed by atoms with Crippen LogP contribution in [0.2, 0.25) is 0 Å². The Bertz CT molecular complexity index is 491. The Hall–Kier alpha value is -1.63. The maximum Gasteiger partial charge on any atom is 0.224 e. The van der Waals surface area contributed by atoms with Crippen LogP contribution in [0.3, 0.4) is 0 Å². The second-order valence-electron chi connectivity index (χ2n) is 5.65. The van der Waals surface area contributed by atoms with Gasteiger partial charge >= 0.3 is 0 Å². The summed E-state index contributed by atoms with van der Waals surface area (Å²) in [4.78, 5) is 8.52. The molecule has 4 nitrogen and oxygen atoms in total. The van der Waals surface area contributed by atoms with Crippen molar-refractivity contribution in [2.24, 2.45) is 17.8 Å². The number of fused-ring (bicyclic) bond motifs is 2. The SMILES string of the molecule is Cc1cc(C#N)nc(NCC2CC3CCC2C3)n1. The van der Waals surface area contributed by atoms with Crippen molar-refractivity contribution < 1.29 is 0 Å². The Morgan fingerprint density at radius 1 is 1.39 bits per heavy atom. The zero-order valence-corrected chi connectivity index (χ0v) is 10.7. The summed E-state index contributed by atoms with van der Waals surface area (Å²) >= 11 is 0. The average molecular weight is 242 g/mol. The van der Waals surface area contributed by atoms with Gasteiger partial charge in [0.15, 0.2) is 0 Å². The zero-order valence-electron chi connectivity index (χ0n) is 10.7. The smallest absolute Gasteiger partial charge is 0.224 e. The third-order valence-corrected chi connectivity index (χ3v) is 4.38. The average Bonchev–Trinajstić information content (AvgIpc) is 2.97. The van der Waals surface area contributed by atoms with Gasteiger partial charge in [0.1, 0.15) is 11.8 Å². The molecule has 18 heavy (non-hydrogen) atoms. The first kappa shape index (κ1) is 11.5. The highest BCUT2D eigenvalue weighted by Gasteiger charge is 2.39. The number of nitriles is 1. The van der Waals surface area contributed by atoms with Gasteiger partial charge < -0.3 is 5.32 Å². The number of anilines is 1. The topological polar surface area (TPSA) is 61.6 Å². The molecule has 94 valence electrons. The zero-order chi connectivity index (χ0) is 12.5. The Morgan fingerprint density at radius 2 is 2.28 bits per heavy atom. The molecule has 0 spiro atoms. The van der Waals surface area contributed by atoms with Crippen LogP contribution in [0.25, 0.3) is 0 Å². The Morgan fingerprint density at radius 3 is 2.94 bits per heavy atom. The minimum absolute atomic E-state index is 0.443.